The van der Waals surface area contributed by atoms with Gasteiger partial charge in [0.1, 0.15) is 0 Å². The van der Waals surface area contributed by atoms with Gasteiger partial charge in [0.2, 0.25) is 24.0 Å². The molecule has 0 rings (SSSR count). The van der Waals surface area contributed by atoms with Gasteiger partial charge in [0.25, 0.3) is 0 Å². The third-order valence-corrected chi connectivity index (χ3v) is 0. The SMILES string of the molecule is [Br-].[Br-].[Br-].[Ca+2].[IH2+]. The molecule has 0 bridgehead atoms. The van der Waals surface area contributed by atoms with Crippen LogP contribution in [0.4, 0.5) is 0 Å². The van der Waals surface area contributed by atoms with Gasteiger partial charge in [-0.1, -0.05) is 0 Å². The number of halogens is 4. The molecule has 0 saturated heterocycles. The molecule has 0 fully saturated rings. The third kappa shape index (κ3) is 18.6. The van der Waals surface area contributed by atoms with Crippen LogP contribution in [0.2, 0.25) is 0 Å². The number of hydrogen-bond acceptors (Lipinski definition) is 0. The number of hydrogen-bond donors (Lipinski definition) is 0. The Morgan fingerprint density at radius 2 is 0.600 bits per heavy atom. The van der Waals surface area contributed by atoms with Gasteiger partial charge in [-0.25, -0.2) is 0 Å². The average molecular weight is 409 g/mol. The minimum absolute atomic E-state index is 0. The maximum atomic E-state index is 0. The summed E-state index contributed by atoms with van der Waals surface area (Å²) in [5, 5.41) is 0. The van der Waals surface area contributed by atoms with Crippen LogP contribution in [0.15, 0.2) is 0 Å². The van der Waals surface area contributed by atoms with E-state index in [4.69, 9.17) is 0 Å². The second-order valence-corrected chi connectivity index (χ2v) is 0. The minimum Gasteiger partial charge on any atom is -1.00 e. The van der Waals surface area contributed by atoms with E-state index in [1.165, 1.54) is 0 Å². The van der Waals surface area contributed by atoms with E-state index in [0.29, 0.717) is 0 Å². The molecule has 0 atom stereocenters. The Morgan fingerprint density at radius 1 is 0.600 bits per heavy atom. The van der Waals surface area contributed by atoms with E-state index in [-0.39, 0.29) is 113 Å². The van der Waals surface area contributed by atoms with Gasteiger partial charge in [-0.2, -0.15) is 0 Å². The smallest absolute Gasteiger partial charge is 1.00 e. The van der Waals surface area contributed by atoms with Gasteiger partial charge < -0.3 is 50.9 Å². The predicted molar refractivity (Wildman–Crippen MR) is 8.54 cm³/mol. The van der Waals surface area contributed by atoms with Crippen molar-refractivity contribution in [2.75, 3.05) is 0 Å². The minimum atomic E-state index is 0. The van der Waals surface area contributed by atoms with Gasteiger partial charge in [-0.15, -0.1) is 0 Å². The fourth-order valence-electron chi connectivity index (χ4n) is 0. The van der Waals surface area contributed by atoms with Crippen molar-refractivity contribution in [2.24, 2.45) is 0 Å². The van der Waals surface area contributed by atoms with Crippen molar-refractivity contribution < 1.29 is 74.9 Å². The van der Waals surface area contributed by atoms with Crippen molar-refractivity contribution in [3.05, 3.63) is 0 Å². The summed E-state index contributed by atoms with van der Waals surface area (Å²) in [6.07, 6.45) is 0. The Morgan fingerprint density at radius 3 is 0.600 bits per heavy atom. The average Bonchev–Trinajstić information content (AvgIpc) is 0. The molecule has 0 aromatic heterocycles. The molecule has 0 spiro atoms. The van der Waals surface area contributed by atoms with E-state index in [0.717, 1.165) is 0 Å². The molecule has 0 aliphatic heterocycles. The van der Waals surface area contributed by atoms with E-state index in [1.807, 2.05) is 0 Å². The molecule has 5 heteroatoms. The molecule has 32 valence electrons. The van der Waals surface area contributed by atoms with Crippen LogP contribution in [0.25, 0.3) is 0 Å². The molecule has 0 N–H and O–H groups in total. The molecule has 0 heterocycles. The standard InChI is InChI=1S/3BrH.Ca.H2I/h3*1H;;1H2/q;;;+2;+1/p-3. The van der Waals surface area contributed by atoms with Crippen LogP contribution >= 0.6 is 0 Å². The Bertz CT molecular complexity index is 6.85. The van der Waals surface area contributed by atoms with Crippen molar-refractivity contribution in [2.45, 2.75) is 0 Å². The third-order valence-electron chi connectivity index (χ3n) is 0. The molecule has 0 amide bonds. The molecular formula is H2Br3CaI. The summed E-state index contributed by atoms with van der Waals surface area (Å²) in [7, 11) is 0. The quantitative estimate of drug-likeness (QED) is 0.276. The van der Waals surface area contributed by atoms with Crippen LogP contribution in [0.1, 0.15) is 0 Å². The van der Waals surface area contributed by atoms with Crippen LogP contribution in [0.5, 0.6) is 0 Å². The van der Waals surface area contributed by atoms with Gasteiger partial charge in [-0.3, -0.25) is 0 Å². The van der Waals surface area contributed by atoms with Crippen LogP contribution < -0.4 is 74.9 Å². The molecule has 5 heavy (non-hydrogen) atoms. The van der Waals surface area contributed by atoms with Crippen LogP contribution in [-0.4, -0.2) is 37.7 Å². The van der Waals surface area contributed by atoms with Crippen LogP contribution in [0, 0.1) is 0 Å². The molecule has 0 aliphatic carbocycles. The first-order valence-electron chi connectivity index (χ1n) is 0. The van der Waals surface area contributed by atoms with Crippen molar-refractivity contribution in [1.29, 1.82) is 0 Å². The fourth-order valence-corrected chi connectivity index (χ4v) is 0. The van der Waals surface area contributed by atoms with Gasteiger partial charge in [-0.05, 0) is 0 Å². The molecule has 0 radical (unpaired) electrons. The topological polar surface area (TPSA) is 0 Å². The molecule has 0 aromatic carbocycles. The summed E-state index contributed by atoms with van der Waals surface area (Å²) < 4.78 is 0. The second-order valence-electron chi connectivity index (χ2n) is 0. The van der Waals surface area contributed by atoms with Gasteiger partial charge in [0.05, 0.1) is 0 Å². The molecule has 0 aliphatic rings. The molecule has 0 saturated carbocycles. The summed E-state index contributed by atoms with van der Waals surface area (Å²) in [5.74, 6) is 0. The summed E-state index contributed by atoms with van der Waals surface area (Å²) in [6.45, 7) is 0. The summed E-state index contributed by atoms with van der Waals surface area (Å²) in [4.78, 5) is 0. The maximum absolute atomic E-state index is 0. The van der Waals surface area contributed by atoms with E-state index in [2.05, 4.69) is 0 Å². The molecule has 0 aromatic rings. The predicted octanol–water partition coefficient (Wildman–Crippen LogP) is -12.9. The van der Waals surface area contributed by atoms with E-state index < -0.39 is 0 Å². The summed E-state index contributed by atoms with van der Waals surface area (Å²) in [6, 6.07) is 0. The Balaban J connectivity index is 0. The zero-order valence-electron chi connectivity index (χ0n) is 2.29. The molecule has 0 nitrogen and oxygen atoms in total. The Kier molecular flexibility index (Phi) is 207. The fraction of sp³-hybridized carbons (Fsp3) is 0. The van der Waals surface area contributed by atoms with Gasteiger partial charge in [0, 0.05) is 0 Å². The monoisotopic (exact) mass is 406 g/mol. The van der Waals surface area contributed by atoms with Gasteiger partial charge >= 0.3 is 37.7 Å². The van der Waals surface area contributed by atoms with E-state index in [1.54, 1.807) is 0 Å². The van der Waals surface area contributed by atoms with Crippen LogP contribution in [-0.2, 0) is 0 Å². The van der Waals surface area contributed by atoms with E-state index >= 15 is 0 Å². The summed E-state index contributed by atoms with van der Waals surface area (Å²) >= 11 is 0. The van der Waals surface area contributed by atoms with Crippen molar-refractivity contribution in [1.82, 2.24) is 0 Å². The van der Waals surface area contributed by atoms with Crippen molar-refractivity contribution >= 4 is 37.7 Å². The maximum Gasteiger partial charge on any atom is 2.00 e. The zero-order chi connectivity index (χ0) is 0. The van der Waals surface area contributed by atoms with Crippen molar-refractivity contribution in [3.63, 3.8) is 0 Å². The first-order valence-corrected chi connectivity index (χ1v) is 0. The second kappa shape index (κ2) is 26.1. The largest absolute Gasteiger partial charge is 2.00 e. The molecular weight excluding hydrogens is 407 g/mol. The normalized spacial score (nSPS) is 0. The number of rotatable bonds is 0. The Labute approximate surface area is 110 Å². The van der Waals surface area contributed by atoms with Crippen molar-refractivity contribution in [3.8, 4) is 0 Å². The molecule has 0 unspecified atom stereocenters. The zero-order valence-corrected chi connectivity index (χ0v) is 11.8. The first-order chi connectivity index (χ1) is 0. The first kappa shape index (κ1) is 39.6. The summed E-state index contributed by atoms with van der Waals surface area (Å²) in [5.41, 5.74) is 0. The Hall–Kier alpha value is 3.43. The van der Waals surface area contributed by atoms with E-state index in [9.17, 15) is 0 Å². The van der Waals surface area contributed by atoms with Gasteiger partial charge in [0.15, 0.2) is 0 Å². The van der Waals surface area contributed by atoms with Crippen LogP contribution in [0.3, 0.4) is 0 Å².